The Morgan fingerprint density at radius 2 is 1.88 bits per heavy atom. The molecule has 2 aliphatic heterocycles. The summed E-state index contributed by atoms with van der Waals surface area (Å²) in [6.45, 7) is 4.68. The molecule has 0 bridgehead atoms. The molecule has 2 heterocycles. The Bertz CT molecular complexity index is 859. The van der Waals surface area contributed by atoms with Gasteiger partial charge in [-0.2, -0.15) is 0 Å². The Labute approximate surface area is 190 Å². The van der Waals surface area contributed by atoms with E-state index in [1.807, 2.05) is 36.4 Å². The Balaban J connectivity index is 1.24. The molecule has 0 aliphatic carbocycles. The lowest BCUT2D eigenvalue weighted by Crippen LogP contribution is -2.42. The third-order valence-electron chi connectivity index (χ3n) is 6.36. The van der Waals surface area contributed by atoms with Crippen LogP contribution in [0.5, 0.6) is 11.5 Å². The molecule has 1 N–H and O–H groups in total. The number of nitrogens with one attached hydrogen (secondary N) is 1. The zero-order valence-corrected chi connectivity index (χ0v) is 18.9. The highest BCUT2D eigenvalue weighted by Gasteiger charge is 2.26. The van der Waals surface area contributed by atoms with Crippen LogP contribution in [0.4, 0.5) is 0 Å². The summed E-state index contributed by atoms with van der Waals surface area (Å²) < 4.78 is 17.1. The summed E-state index contributed by atoms with van der Waals surface area (Å²) in [5.41, 5.74) is 2.32. The first-order valence-electron chi connectivity index (χ1n) is 11.7. The molecule has 172 valence electrons. The van der Waals surface area contributed by atoms with Gasteiger partial charge in [0, 0.05) is 25.6 Å². The van der Waals surface area contributed by atoms with Crippen LogP contribution in [0.15, 0.2) is 48.5 Å². The van der Waals surface area contributed by atoms with Crippen LogP contribution in [-0.2, 0) is 22.7 Å². The summed E-state index contributed by atoms with van der Waals surface area (Å²) in [6, 6.07) is 16.3. The molecule has 6 heteroatoms. The van der Waals surface area contributed by atoms with Crippen molar-refractivity contribution in [1.82, 2.24) is 10.2 Å². The maximum absolute atomic E-state index is 12.5. The monoisotopic (exact) mass is 438 g/mol. The first-order chi connectivity index (χ1) is 15.7. The fourth-order valence-electron chi connectivity index (χ4n) is 4.44. The Morgan fingerprint density at radius 1 is 1.06 bits per heavy atom. The number of piperidine rings is 1. The quantitative estimate of drug-likeness (QED) is 0.646. The fraction of sp³-hybridized carbons (Fsp3) is 0.500. The molecule has 2 aromatic carbocycles. The van der Waals surface area contributed by atoms with Crippen LogP contribution in [0, 0.1) is 5.92 Å². The molecule has 2 saturated heterocycles. The molecule has 0 spiro atoms. The van der Waals surface area contributed by atoms with Gasteiger partial charge in [-0.25, -0.2) is 0 Å². The molecule has 0 saturated carbocycles. The molecule has 2 aromatic rings. The third kappa shape index (κ3) is 6.24. The molecule has 6 nitrogen and oxygen atoms in total. The van der Waals surface area contributed by atoms with Gasteiger partial charge in [-0.15, -0.1) is 0 Å². The summed E-state index contributed by atoms with van der Waals surface area (Å²) >= 11 is 0. The van der Waals surface area contributed by atoms with Gasteiger partial charge in [-0.05, 0) is 62.0 Å². The zero-order valence-electron chi connectivity index (χ0n) is 18.9. The first-order valence-corrected chi connectivity index (χ1v) is 11.7. The average molecular weight is 439 g/mol. The minimum absolute atomic E-state index is 0.107. The van der Waals surface area contributed by atoms with Gasteiger partial charge in [-0.1, -0.05) is 36.4 Å². The Kier molecular flexibility index (Phi) is 8.02. The molecule has 4 rings (SSSR count). The minimum atomic E-state index is 0.107. The van der Waals surface area contributed by atoms with Crippen molar-refractivity contribution in [3.05, 3.63) is 59.7 Å². The maximum Gasteiger partial charge on any atom is 0.223 e. The van der Waals surface area contributed by atoms with Gasteiger partial charge < -0.3 is 19.5 Å². The molecular weight excluding hydrogens is 404 g/mol. The van der Waals surface area contributed by atoms with E-state index >= 15 is 0 Å². The smallest absolute Gasteiger partial charge is 0.223 e. The standard InChI is InChI=1S/C26H34N2O4/c1-30-25-16-21(9-10-24(25)32-19-20-6-3-2-4-7-20)18-28-13-11-22(12-14-28)26(29)27-17-23-8-5-15-31-23/h2-4,6-7,9-10,16,22-23H,5,8,11-15,17-19H2,1H3,(H,27,29)/t23-/m1/s1. The van der Waals surface area contributed by atoms with Gasteiger partial charge in [0.1, 0.15) is 6.61 Å². The van der Waals surface area contributed by atoms with Gasteiger partial charge >= 0.3 is 0 Å². The lowest BCUT2D eigenvalue weighted by molar-refractivity contribution is -0.127. The number of rotatable bonds is 9. The van der Waals surface area contributed by atoms with E-state index in [1.165, 1.54) is 5.56 Å². The number of likely N-dealkylation sites (tertiary alicyclic amines) is 1. The van der Waals surface area contributed by atoms with Crippen LogP contribution < -0.4 is 14.8 Å². The highest BCUT2D eigenvalue weighted by atomic mass is 16.5. The summed E-state index contributed by atoms with van der Waals surface area (Å²) in [5.74, 6) is 1.79. The van der Waals surface area contributed by atoms with Crippen LogP contribution in [0.3, 0.4) is 0 Å². The number of amides is 1. The number of benzene rings is 2. The lowest BCUT2D eigenvalue weighted by atomic mass is 9.95. The zero-order chi connectivity index (χ0) is 22.2. The predicted molar refractivity (Wildman–Crippen MR) is 124 cm³/mol. The number of carbonyl (C=O) groups excluding carboxylic acids is 1. The van der Waals surface area contributed by atoms with Crippen molar-refractivity contribution >= 4 is 5.91 Å². The molecule has 0 radical (unpaired) electrons. The van der Waals surface area contributed by atoms with E-state index in [-0.39, 0.29) is 17.9 Å². The average Bonchev–Trinajstić information content (AvgIpc) is 3.36. The Morgan fingerprint density at radius 3 is 2.59 bits per heavy atom. The van der Waals surface area contributed by atoms with E-state index in [2.05, 4.69) is 22.3 Å². The normalized spacial score (nSPS) is 19.6. The summed E-state index contributed by atoms with van der Waals surface area (Å²) in [4.78, 5) is 14.9. The van der Waals surface area contributed by atoms with Crippen LogP contribution in [0.2, 0.25) is 0 Å². The topological polar surface area (TPSA) is 60.0 Å². The van der Waals surface area contributed by atoms with Gasteiger partial charge in [0.05, 0.1) is 13.2 Å². The fourth-order valence-corrected chi connectivity index (χ4v) is 4.44. The molecule has 0 aromatic heterocycles. The van der Waals surface area contributed by atoms with Crippen molar-refractivity contribution in [2.24, 2.45) is 5.92 Å². The van der Waals surface area contributed by atoms with E-state index in [4.69, 9.17) is 14.2 Å². The second kappa shape index (κ2) is 11.3. The number of hydrogen-bond acceptors (Lipinski definition) is 5. The van der Waals surface area contributed by atoms with Crippen LogP contribution in [0.1, 0.15) is 36.8 Å². The van der Waals surface area contributed by atoms with Crippen molar-refractivity contribution in [1.29, 1.82) is 0 Å². The largest absolute Gasteiger partial charge is 0.493 e. The summed E-state index contributed by atoms with van der Waals surface area (Å²) in [7, 11) is 1.68. The summed E-state index contributed by atoms with van der Waals surface area (Å²) in [5, 5.41) is 3.09. The SMILES string of the molecule is COc1cc(CN2CCC(C(=O)NC[C@H]3CCCO3)CC2)ccc1OCc1ccccc1. The van der Waals surface area contributed by atoms with Crippen molar-refractivity contribution in [3.63, 3.8) is 0 Å². The van der Waals surface area contributed by atoms with E-state index in [0.717, 1.165) is 69.0 Å². The van der Waals surface area contributed by atoms with Crippen LogP contribution in [0.25, 0.3) is 0 Å². The second-order valence-electron chi connectivity index (χ2n) is 8.69. The number of carbonyl (C=O) groups is 1. The maximum atomic E-state index is 12.5. The minimum Gasteiger partial charge on any atom is -0.493 e. The molecule has 0 unspecified atom stereocenters. The van der Waals surface area contributed by atoms with Crippen molar-refractivity contribution in [2.45, 2.75) is 44.9 Å². The van der Waals surface area contributed by atoms with Gasteiger partial charge in [0.15, 0.2) is 11.5 Å². The van der Waals surface area contributed by atoms with Crippen LogP contribution >= 0.6 is 0 Å². The molecule has 1 atom stereocenters. The highest BCUT2D eigenvalue weighted by molar-refractivity contribution is 5.78. The number of nitrogens with zero attached hydrogens (tertiary/aromatic N) is 1. The molecule has 2 aliphatic rings. The third-order valence-corrected chi connectivity index (χ3v) is 6.36. The predicted octanol–water partition coefficient (Wildman–Crippen LogP) is 3.78. The van der Waals surface area contributed by atoms with E-state index in [1.54, 1.807) is 7.11 Å². The van der Waals surface area contributed by atoms with Crippen molar-refractivity contribution < 1.29 is 19.0 Å². The van der Waals surface area contributed by atoms with Crippen molar-refractivity contribution in [3.8, 4) is 11.5 Å². The molecule has 32 heavy (non-hydrogen) atoms. The highest BCUT2D eigenvalue weighted by Crippen LogP contribution is 2.30. The molecule has 2 fully saturated rings. The van der Waals surface area contributed by atoms with E-state index in [9.17, 15) is 4.79 Å². The molecule has 1 amide bonds. The first kappa shape index (κ1) is 22.6. The van der Waals surface area contributed by atoms with Gasteiger partial charge in [-0.3, -0.25) is 9.69 Å². The van der Waals surface area contributed by atoms with Gasteiger partial charge in [0.25, 0.3) is 0 Å². The lowest BCUT2D eigenvalue weighted by Gasteiger charge is -2.31. The number of hydrogen-bond donors (Lipinski definition) is 1. The molecular formula is C26H34N2O4. The Hall–Kier alpha value is -2.57. The number of methoxy groups -OCH3 is 1. The number of ether oxygens (including phenoxy) is 3. The second-order valence-corrected chi connectivity index (χ2v) is 8.69. The van der Waals surface area contributed by atoms with Crippen LogP contribution in [-0.4, -0.2) is 50.3 Å². The van der Waals surface area contributed by atoms with Gasteiger partial charge in [0.2, 0.25) is 5.91 Å². The van der Waals surface area contributed by atoms with Crippen molar-refractivity contribution in [2.75, 3.05) is 33.4 Å². The summed E-state index contributed by atoms with van der Waals surface area (Å²) in [6.07, 6.45) is 4.15. The van der Waals surface area contributed by atoms with E-state index in [0.29, 0.717) is 13.2 Å². The van der Waals surface area contributed by atoms with E-state index < -0.39 is 0 Å².